The second-order valence-corrected chi connectivity index (χ2v) is 5.42. The lowest BCUT2D eigenvalue weighted by Crippen LogP contribution is -2.23. The van der Waals surface area contributed by atoms with Gasteiger partial charge in [0.15, 0.2) is 0 Å². The second-order valence-electron chi connectivity index (χ2n) is 5.42. The van der Waals surface area contributed by atoms with Crippen LogP contribution >= 0.6 is 0 Å². The van der Waals surface area contributed by atoms with Crippen LogP contribution in [-0.2, 0) is 0 Å². The summed E-state index contributed by atoms with van der Waals surface area (Å²) in [5.74, 6) is 0.859. The summed E-state index contributed by atoms with van der Waals surface area (Å²) in [7, 11) is 4.17. The minimum Gasteiger partial charge on any atom is -0.382 e. The molecular weight excluding hydrogens is 208 g/mol. The number of nitrogens with one attached hydrogen (secondary N) is 1. The third kappa shape index (κ3) is 3.15. The van der Waals surface area contributed by atoms with Gasteiger partial charge < -0.3 is 10.2 Å². The second kappa shape index (κ2) is 5.44. The lowest BCUT2D eigenvalue weighted by molar-refractivity contribution is 0.482. The van der Waals surface area contributed by atoms with Gasteiger partial charge in [0.05, 0.1) is 0 Å². The fraction of sp³-hybridized carbons (Fsp3) is 0.600. The highest BCUT2D eigenvalue weighted by Gasteiger charge is 2.21. The van der Waals surface area contributed by atoms with Crippen molar-refractivity contribution < 1.29 is 0 Å². The summed E-state index contributed by atoms with van der Waals surface area (Å²) in [5, 5.41) is 3.65. The normalized spacial score (nSPS) is 18.1. The minimum absolute atomic E-state index is 0.593. The van der Waals surface area contributed by atoms with Crippen LogP contribution in [-0.4, -0.2) is 20.1 Å². The minimum atomic E-state index is 0.593. The molecule has 1 saturated carbocycles. The van der Waals surface area contributed by atoms with Crippen molar-refractivity contribution in [3.8, 4) is 0 Å². The Hall–Kier alpha value is -1.18. The summed E-state index contributed by atoms with van der Waals surface area (Å²) in [6.45, 7) is 2.32. The molecule has 1 aliphatic rings. The van der Waals surface area contributed by atoms with Gasteiger partial charge in [-0.2, -0.15) is 0 Å². The van der Waals surface area contributed by atoms with Crippen molar-refractivity contribution in [1.82, 2.24) is 0 Å². The summed E-state index contributed by atoms with van der Waals surface area (Å²) < 4.78 is 0. The predicted octanol–water partition coefficient (Wildman–Crippen LogP) is 3.74. The van der Waals surface area contributed by atoms with Gasteiger partial charge in [-0.25, -0.2) is 0 Å². The molecule has 0 spiro atoms. The first-order valence-corrected chi connectivity index (χ1v) is 6.71. The molecule has 0 aromatic heterocycles. The molecule has 0 saturated heterocycles. The van der Waals surface area contributed by atoms with Gasteiger partial charge in [0.1, 0.15) is 0 Å². The number of hydrogen-bond acceptors (Lipinski definition) is 2. The Kier molecular flexibility index (Phi) is 3.93. The predicted molar refractivity (Wildman–Crippen MR) is 75.8 cm³/mol. The zero-order chi connectivity index (χ0) is 12.3. The van der Waals surface area contributed by atoms with Crippen LogP contribution in [0.1, 0.15) is 32.6 Å². The van der Waals surface area contributed by atoms with Crippen molar-refractivity contribution in [1.29, 1.82) is 0 Å². The largest absolute Gasteiger partial charge is 0.382 e. The van der Waals surface area contributed by atoms with E-state index in [0.29, 0.717) is 6.04 Å². The number of benzene rings is 1. The highest BCUT2D eigenvalue weighted by atomic mass is 15.1. The van der Waals surface area contributed by atoms with Crippen LogP contribution < -0.4 is 10.2 Å². The zero-order valence-electron chi connectivity index (χ0n) is 11.2. The molecule has 2 heteroatoms. The molecule has 1 aromatic rings. The van der Waals surface area contributed by atoms with E-state index in [1.54, 1.807) is 0 Å². The molecule has 2 rings (SSSR count). The molecular formula is C15H24N2. The van der Waals surface area contributed by atoms with E-state index in [4.69, 9.17) is 0 Å². The molecule has 2 nitrogen and oxygen atoms in total. The van der Waals surface area contributed by atoms with Crippen LogP contribution in [0.25, 0.3) is 0 Å². The van der Waals surface area contributed by atoms with E-state index in [1.807, 2.05) is 0 Å². The highest BCUT2D eigenvalue weighted by Crippen LogP contribution is 2.29. The lowest BCUT2D eigenvalue weighted by atomic mass is 9.99. The molecule has 1 aromatic carbocycles. The van der Waals surface area contributed by atoms with E-state index < -0.39 is 0 Å². The first kappa shape index (κ1) is 12.3. The van der Waals surface area contributed by atoms with Gasteiger partial charge in [-0.05, 0) is 43.9 Å². The van der Waals surface area contributed by atoms with Gasteiger partial charge >= 0.3 is 0 Å². The highest BCUT2D eigenvalue weighted by molar-refractivity contribution is 5.57. The molecule has 0 bridgehead atoms. The fourth-order valence-electron chi connectivity index (χ4n) is 2.71. The van der Waals surface area contributed by atoms with E-state index in [-0.39, 0.29) is 0 Å². The van der Waals surface area contributed by atoms with Crippen LogP contribution in [0.3, 0.4) is 0 Å². The van der Waals surface area contributed by atoms with Crippen molar-refractivity contribution in [2.75, 3.05) is 24.3 Å². The van der Waals surface area contributed by atoms with E-state index in [9.17, 15) is 0 Å². The maximum absolute atomic E-state index is 3.65. The first-order valence-electron chi connectivity index (χ1n) is 6.71. The maximum Gasteiger partial charge on any atom is 0.0381 e. The number of anilines is 2. The number of rotatable bonds is 4. The summed E-state index contributed by atoms with van der Waals surface area (Å²) >= 11 is 0. The average Bonchev–Trinajstić information content (AvgIpc) is 2.82. The Balaban J connectivity index is 1.99. The van der Waals surface area contributed by atoms with Crippen molar-refractivity contribution >= 4 is 11.4 Å². The maximum atomic E-state index is 3.65. The smallest absolute Gasteiger partial charge is 0.0381 e. The Bertz CT molecular complexity index is 354. The van der Waals surface area contributed by atoms with Crippen LogP contribution in [0.5, 0.6) is 0 Å². The summed E-state index contributed by atoms with van der Waals surface area (Å²) in [5.41, 5.74) is 2.50. The first-order chi connectivity index (χ1) is 8.16. The van der Waals surface area contributed by atoms with Crippen LogP contribution in [0.15, 0.2) is 24.3 Å². The Labute approximate surface area is 105 Å². The lowest BCUT2D eigenvalue weighted by Gasteiger charge is -2.22. The summed E-state index contributed by atoms with van der Waals surface area (Å²) in [4.78, 5) is 2.14. The van der Waals surface area contributed by atoms with E-state index in [2.05, 4.69) is 55.5 Å². The Morgan fingerprint density at radius 2 is 1.94 bits per heavy atom. The van der Waals surface area contributed by atoms with E-state index >= 15 is 0 Å². The number of hydrogen-bond donors (Lipinski definition) is 1. The van der Waals surface area contributed by atoms with Crippen molar-refractivity contribution in [2.24, 2.45) is 5.92 Å². The SMILES string of the molecule is CC(Nc1cccc(N(C)C)c1)C1CCCC1. The third-order valence-electron chi connectivity index (χ3n) is 3.86. The molecule has 0 radical (unpaired) electrons. The van der Waals surface area contributed by atoms with Gasteiger partial charge in [-0.15, -0.1) is 0 Å². The molecule has 1 aliphatic carbocycles. The average molecular weight is 232 g/mol. The van der Waals surface area contributed by atoms with Gasteiger partial charge in [-0.1, -0.05) is 18.9 Å². The molecule has 1 N–H and O–H groups in total. The topological polar surface area (TPSA) is 15.3 Å². The Morgan fingerprint density at radius 1 is 1.24 bits per heavy atom. The monoisotopic (exact) mass is 232 g/mol. The molecule has 1 fully saturated rings. The van der Waals surface area contributed by atoms with Crippen LogP contribution in [0.4, 0.5) is 11.4 Å². The zero-order valence-corrected chi connectivity index (χ0v) is 11.2. The van der Waals surface area contributed by atoms with Crippen LogP contribution in [0, 0.1) is 5.92 Å². The van der Waals surface area contributed by atoms with E-state index in [0.717, 1.165) is 5.92 Å². The Morgan fingerprint density at radius 3 is 2.59 bits per heavy atom. The quantitative estimate of drug-likeness (QED) is 0.850. The molecule has 0 heterocycles. The fourth-order valence-corrected chi connectivity index (χ4v) is 2.71. The molecule has 0 aliphatic heterocycles. The molecule has 94 valence electrons. The molecule has 1 unspecified atom stereocenters. The van der Waals surface area contributed by atoms with Gasteiger partial charge in [0, 0.05) is 31.5 Å². The van der Waals surface area contributed by atoms with Gasteiger partial charge in [0.25, 0.3) is 0 Å². The van der Waals surface area contributed by atoms with Gasteiger partial charge in [0.2, 0.25) is 0 Å². The van der Waals surface area contributed by atoms with Crippen molar-refractivity contribution in [3.63, 3.8) is 0 Å². The summed E-state index contributed by atoms with van der Waals surface area (Å²) in [6, 6.07) is 9.25. The van der Waals surface area contributed by atoms with E-state index in [1.165, 1.54) is 37.1 Å². The molecule has 17 heavy (non-hydrogen) atoms. The third-order valence-corrected chi connectivity index (χ3v) is 3.86. The van der Waals surface area contributed by atoms with Crippen molar-refractivity contribution in [3.05, 3.63) is 24.3 Å². The van der Waals surface area contributed by atoms with Gasteiger partial charge in [-0.3, -0.25) is 0 Å². The number of nitrogens with zero attached hydrogens (tertiary/aromatic N) is 1. The molecule has 1 atom stereocenters. The van der Waals surface area contributed by atoms with Crippen LogP contribution in [0.2, 0.25) is 0 Å². The molecule has 0 amide bonds. The van der Waals surface area contributed by atoms with Crippen molar-refractivity contribution in [2.45, 2.75) is 38.6 Å². The summed E-state index contributed by atoms with van der Waals surface area (Å²) in [6.07, 6.45) is 5.60. The standard InChI is InChI=1S/C15H24N2/c1-12(13-7-4-5-8-13)16-14-9-6-10-15(11-14)17(2)3/h6,9-13,16H,4-5,7-8H2,1-3H3.